The minimum Gasteiger partial charge on any atom is -0.271 e. The maximum atomic E-state index is 5.79. The van der Waals surface area contributed by atoms with Crippen molar-refractivity contribution < 1.29 is 0 Å². The van der Waals surface area contributed by atoms with Crippen LogP contribution in [0.1, 0.15) is 51.8 Å². The van der Waals surface area contributed by atoms with Crippen LogP contribution in [-0.4, -0.2) is 20.8 Å². The van der Waals surface area contributed by atoms with Gasteiger partial charge in [0.15, 0.2) is 0 Å². The number of hydrazine groups is 1. The topological polar surface area (TPSA) is 68.8 Å². The van der Waals surface area contributed by atoms with E-state index in [0.717, 1.165) is 18.8 Å². The molecule has 0 amide bonds. The van der Waals surface area contributed by atoms with Gasteiger partial charge in [0.25, 0.3) is 0 Å². The van der Waals surface area contributed by atoms with E-state index in [1.807, 2.05) is 4.68 Å². The number of rotatable bonds is 5. The van der Waals surface area contributed by atoms with Crippen LogP contribution >= 0.6 is 0 Å². The fourth-order valence-electron chi connectivity index (χ4n) is 3.11. The molecule has 1 saturated carbocycles. The van der Waals surface area contributed by atoms with Gasteiger partial charge in [0.1, 0.15) is 12.2 Å². The lowest BCUT2D eigenvalue weighted by atomic mass is 9.70. The molecule has 0 radical (unpaired) electrons. The zero-order valence-corrected chi connectivity index (χ0v) is 11.5. The Labute approximate surface area is 109 Å². The van der Waals surface area contributed by atoms with Crippen molar-refractivity contribution in [3.63, 3.8) is 0 Å². The Morgan fingerprint density at radius 2 is 2.17 bits per heavy atom. The first kappa shape index (κ1) is 13.5. The number of hydrogen-bond donors (Lipinski definition) is 2. The number of nitrogens with one attached hydrogen (secondary N) is 1. The lowest BCUT2D eigenvalue weighted by molar-refractivity contribution is 0.141. The van der Waals surface area contributed by atoms with Gasteiger partial charge in [-0.25, -0.2) is 4.98 Å². The quantitative estimate of drug-likeness (QED) is 0.616. The molecule has 0 spiro atoms. The third kappa shape index (κ3) is 2.72. The van der Waals surface area contributed by atoms with Gasteiger partial charge in [0.05, 0.1) is 0 Å². The Kier molecular flexibility index (Phi) is 4.35. The average Bonchev–Trinajstić information content (AvgIpc) is 2.83. The van der Waals surface area contributed by atoms with Gasteiger partial charge in [-0.2, -0.15) is 5.10 Å². The Balaban J connectivity index is 2.09. The van der Waals surface area contributed by atoms with E-state index in [-0.39, 0.29) is 11.5 Å². The molecule has 1 unspecified atom stereocenters. The van der Waals surface area contributed by atoms with Gasteiger partial charge in [0, 0.05) is 19.0 Å². The summed E-state index contributed by atoms with van der Waals surface area (Å²) in [6, 6.07) is 0.285. The second-order valence-corrected chi connectivity index (χ2v) is 5.63. The fourth-order valence-corrected chi connectivity index (χ4v) is 3.11. The van der Waals surface area contributed by atoms with E-state index < -0.39 is 0 Å². The molecule has 1 atom stereocenters. The maximum absolute atomic E-state index is 5.79. The molecule has 0 bridgehead atoms. The lowest BCUT2D eigenvalue weighted by Gasteiger charge is -2.40. The van der Waals surface area contributed by atoms with Crippen molar-refractivity contribution in [3.8, 4) is 0 Å². The van der Waals surface area contributed by atoms with Gasteiger partial charge >= 0.3 is 0 Å². The van der Waals surface area contributed by atoms with E-state index in [9.17, 15) is 0 Å². The summed E-state index contributed by atoms with van der Waals surface area (Å²) in [5, 5.41) is 4.23. The predicted molar refractivity (Wildman–Crippen MR) is 71.7 cm³/mol. The summed E-state index contributed by atoms with van der Waals surface area (Å²) in [6.07, 6.45) is 8.99. The van der Waals surface area contributed by atoms with Crippen LogP contribution in [0.5, 0.6) is 0 Å². The molecule has 5 heteroatoms. The standard InChI is InChI=1S/C13H25N5/c1-3-18-12(15-10-16-18)9-11(17-14)13(2)7-5-4-6-8-13/h10-11,17H,3-9,14H2,1-2H3. The van der Waals surface area contributed by atoms with Crippen LogP contribution < -0.4 is 11.3 Å². The SMILES string of the molecule is CCn1ncnc1CC(NN)C1(C)CCCCC1. The highest BCUT2D eigenvalue weighted by molar-refractivity contribution is 4.97. The number of aryl methyl sites for hydroxylation is 1. The van der Waals surface area contributed by atoms with E-state index in [0.29, 0.717) is 0 Å². The Hall–Kier alpha value is -0.940. The van der Waals surface area contributed by atoms with Crippen LogP contribution in [0.4, 0.5) is 0 Å². The maximum Gasteiger partial charge on any atom is 0.138 e. The summed E-state index contributed by atoms with van der Waals surface area (Å²) in [5.41, 5.74) is 3.31. The second kappa shape index (κ2) is 5.80. The molecule has 3 N–H and O–H groups in total. The average molecular weight is 251 g/mol. The molecular weight excluding hydrogens is 226 g/mol. The van der Waals surface area contributed by atoms with Crippen LogP contribution in [0.2, 0.25) is 0 Å². The highest BCUT2D eigenvalue weighted by Crippen LogP contribution is 2.39. The third-order valence-corrected chi connectivity index (χ3v) is 4.42. The number of aromatic nitrogens is 3. The Morgan fingerprint density at radius 1 is 1.44 bits per heavy atom. The monoisotopic (exact) mass is 251 g/mol. The van der Waals surface area contributed by atoms with Crippen LogP contribution in [0.3, 0.4) is 0 Å². The Bertz CT molecular complexity index is 367. The van der Waals surface area contributed by atoms with Crippen molar-refractivity contribution in [2.45, 2.75) is 65.0 Å². The van der Waals surface area contributed by atoms with Crippen molar-refractivity contribution in [1.82, 2.24) is 20.2 Å². The highest BCUT2D eigenvalue weighted by atomic mass is 15.3. The summed E-state index contributed by atoms with van der Waals surface area (Å²) < 4.78 is 1.95. The van der Waals surface area contributed by atoms with E-state index in [2.05, 4.69) is 29.4 Å². The van der Waals surface area contributed by atoms with Crippen LogP contribution in [0, 0.1) is 5.41 Å². The van der Waals surface area contributed by atoms with Crippen molar-refractivity contribution in [2.24, 2.45) is 11.3 Å². The molecule has 0 aromatic carbocycles. The largest absolute Gasteiger partial charge is 0.271 e. The zero-order chi connectivity index (χ0) is 13.0. The second-order valence-electron chi connectivity index (χ2n) is 5.63. The zero-order valence-electron chi connectivity index (χ0n) is 11.5. The van der Waals surface area contributed by atoms with Crippen molar-refractivity contribution in [1.29, 1.82) is 0 Å². The van der Waals surface area contributed by atoms with Gasteiger partial charge in [0.2, 0.25) is 0 Å². The first-order valence-electron chi connectivity index (χ1n) is 7.02. The first-order chi connectivity index (χ1) is 8.69. The summed E-state index contributed by atoms with van der Waals surface area (Å²) in [4.78, 5) is 4.36. The van der Waals surface area contributed by atoms with E-state index >= 15 is 0 Å². The minimum atomic E-state index is 0.285. The van der Waals surface area contributed by atoms with Crippen molar-refractivity contribution in [3.05, 3.63) is 12.2 Å². The molecular formula is C13H25N5. The van der Waals surface area contributed by atoms with Crippen LogP contribution in [0.25, 0.3) is 0 Å². The molecule has 1 heterocycles. The summed E-state index contributed by atoms with van der Waals surface area (Å²) >= 11 is 0. The van der Waals surface area contributed by atoms with E-state index in [1.54, 1.807) is 6.33 Å². The van der Waals surface area contributed by atoms with E-state index in [1.165, 1.54) is 32.1 Å². The number of nitrogens with two attached hydrogens (primary N) is 1. The van der Waals surface area contributed by atoms with Gasteiger partial charge in [-0.3, -0.25) is 16.0 Å². The predicted octanol–water partition coefficient (Wildman–Crippen LogP) is 1.64. The first-order valence-corrected chi connectivity index (χ1v) is 7.02. The highest BCUT2D eigenvalue weighted by Gasteiger charge is 2.35. The summed E-state index contributed by atoms with van der Waals surface area (Å²) in [7, 11) is 0. The molecule has 0 saturated heterocycles. The van der Waals surface area contributed by atoms with Crippen molar-refractivity contribution in [2.75, 3.05) is 0 Å². The molecule has 0 aliphatic heterocycles. The molecule has 18 heavy (non-hydrogen) atoms. The molecule has 1 aromatic heterocycles. The van der Waals surface area contributed by atoms with Gasteiger partial charge < -0.3 is 0 Å². The molecule has 1 aliphatic rings. The molecule has 1 aliphatic carbocycles. The smallest absolute Gasteiger partial charge is 0.138 e. The third-order valence-electron chi connectivity index (χ3n) is 4.42. The summed E-state index contributed by atoms with van der Waals surface area (Å²) in [6.45, 7) is 5.30. The van der Waals surface area contributed by atoms with Crippen molar-refractivity contribution >= 4 is 0 Å². The summed E-state index contributed by atoms with van der Waals surface area (Å²) in [5.74, 6) is 6.82. The minimum absolute atomic E-state index is 0.285. The number of nitrogens with zero attached hydrogens (tertiary/aromatic N) is 3. The van der Waals surface area contributed by atoms with Gasteiger partial charge in [-0.05, 0) is 25.2 Å². The number of hydrogen-bond acceptors (Lipinski definition) is 4. The van der Waals surface area contributed by atoms with Crippen LogP contribution in [0.15, 0.2) is 6.33 Å². The van der Waals surface area contributed by atoms with Crippen LogP contribution in [-0.2, 0) is 13.0 Å². The lowest BCUT2D eigenvalue weighted by Crippen LogP contribution is -2.49. The molecule has 102 valence electrons. The van der Waals surface area contributed by atoms with E-state index in [4.69, 9.17) is 5.84 Å². The Morgan fingerprint density at radius 3 is 2.78 bits per heavy atom. The van der Waals surface area contributed by atoms with Gasteiger partial charge in [-0.15, -0.1) is 0 Å². The fraction of sp³-hybridized carbons (Fsp3) is 0.846. The molecule has 1 fully saturated rings. The molecule has 2 rings (SSSR count). The molecule has 1 aromatic rings. The molecule has 5 nitrogen and oxygen atoms in total. The van der Waals surface area contributed by atoms with Gasteiger partial charge in [-0.1, -0.05) is 26.2 Å². The normalized spacial score (nSPS) is 20.8.